The van der Waals surface area contributed by atoms with E-state index in [1.807, 2.05) is 0 Å². The molecule has 2 atom stereocenters. The lowest BCUT2D eigenvalue weighted by molar-refractivity contribution is -0.194. The Hall–Kier alpha value is -1.37. The van der Waals surface area contributed by atoms with Crippen LogP contribution in [0, 0.1) is 0 Å². The molecule has 0 bridgehead atoms. The van der Waals surface area contributed by atoms with Gasteiger partial charge in [-0.2, -0.15) is 0 Å². The molecule has 0 spiro atoms. The van der Waals surface area contributed by atoms with Crippen LogP contribution in [0.15, 0.2) is 12.2 Å². The summed E-state index contributed by atoms with van der Waals surface area (Å²) in [5.74, 6) is -2.45. The molecule has 61 heavy (non-hydrogen) atoms. The van der Waals surface area contributed by atoms with Gasteiger partial charge in [0.05, 0.1) is 6.61 Å². The van der Waals surface area contributed by atoms with Gasteiger partial charge in [0.2, 0.25) is 5.60 Å². The third-order valence-electron chi connectivity index (χ3n) is 13.3. The van der Waals surface area contributed by atoms with Crippen LogP contribution in [0.4, 0.5) is 0 Å². The van der Waals surface area contributed by atoms with Crippen molar-refractivity contribution in [1.82, 2.24) is 0 Å². The molecule has 3 N–H and O–H groups in total. The first-order valence-electron chi connectivity index (χ1n) is 27.1. The summed E-state index contributed by atoms with van der Waals surface area (Å²) in [7, 11) is 0. The Kier molecular flexibility index (Phi) is 42.9. The molecule has 0 radical (unpaired) electrons. The number of carbonyl (C=O) groups excluding carboxylic acids is 3. The standard InChI is InChI=1S/C55H104O6/c1-4-7-10-13-16-19-22-25-27-30-32-35-38-41-44-47-51(57)54(60,50-56)55(61,52(58)48-45-42-39-36-33-29-24-21-18-15-12-9-6-3)53(59)49-46-43-40-37-34-31-28-26-23-20-17-14-11-8-5-2/h25,27,56,60-61H,4-24,26,28-50H2,1-3H3. The molecular weight excluding hydrogens is 757 g/mol. The summed E-state index contributed by atoms with van der Waals surface area (Å²) in [6.45, 7) is 5.60. The molecule has 0 fully saturated rings. The van der Waals surface area contributed by atoms with E-state index in [1.165, 1.54) is 167 Å². The number of carbonyl (C=O) groups is 3. The Morgan fingerprint density at radius 2 is 0.541 bits per heavy atom. The summed E-state index contributed by atoms with van der Waals surface area (Å²) in [5, 5.41) is 34.1. The van der Waals surface area contributed by atoms with Crippen molar-refractivity contribution in [2.45, 2.75) is 314 Å². The summed E-state index contributed by atoms with van der Waals surface area (Å²) in [4.78, 5) is 41.2. The minimum atomic E-state index is -2.92. The van der Waals surface area contributed by atoms with Crippen LogP contribution in [0.2, 0.25) is 0 Å². The van der Waals surface area contributed by atoms with E-state index in [2.05, 4.69) is 32.9 Å². The van der Waals surface area contributed by atoms with E-state index < -0.39 is 35.2 Å². The van der Waals surface area contributed by atoms with Gasteiger partial charge in [-0.15, -0.1) is 0 Å². The van der Waals surface area contributed by atoms with Crippen LogP contribution < -0.4 is 0 Å². The predicted molar refractivity (Wildman–Crippen MR) is 261 cm³/mol. The number of aliphatic hydroxyl groups excluding tert-OH is 1. The number of aliphatic hydroxyl groups is 3. The van der Waals surface area contributed by atoms with Gasteiger partial charge in [0.25, 0.3) is 0 Å². The summed E-state index contributed by atoms with van der Waals surface area (Å²) >= 11 is 0. The smallest absolute Gasteiger partial charge is 0.219 e. The van der Waals surface area contributed by atoms with Crippen LogP contribution in [0.1, 0.15) is 303 Å². The number of rotatable bonds is 50. The molecule has 6 heteroatoms. The van der Waals surface area contributed by atoms with Crippen molar-refractivity contribution in [2.75, 3.05) is 6.61 Å². The Bertz CT molecular complexity index is 1020. The highest BCUT2D eigenvalue weighted by Gasteiger charge is 2.62. The highest BCUT2D eigenvalue weighted by atomic mass is 16.4. The highest BCUT2D eigenvalue weighted by Crippen LogP contribution is 2.32. The summed E-state index contributed by atoms with van der Waals surface area (Å²) in [6, 6.07) is 0. The second-order valence-corrected chi connectivity index (χ2v) is 19.0. The van der Waals surface area contributed by atoms with Gasteiger partial charge in [-0.25, -0.2) is 0 Å². The maximum absolute atomic E-state index is 13.8. The second kappa shape index (κ2) is 43.9. The highest BCUT2D eigenvalue weighted by molar-refractivity contribution is 6.16. The quantitative estimate of drug-likeness (QED) is 0.0319. The molecule has 2 unspecified atom stereocenters. The lowest BCUT2D eigenvalue weighted by atomic mass is 9.71. The Morgan fingerprint density at radius 1 is 0.328 bits per heavy atom. The van der Waals surface area contributed by atoms with Gasteiger partial charge in [0.15, 0.2) is 23.0 Å². The van der Waals surface area contributed by atoms with Crippen molar-refractivity contribution in [2.24, 2.45) is 0 Å². The van der Waals surface area contributed by atoms with Gasteiger partial charge in [-0.3, -0.25) is 14.4 Å². The Morgan fingerprint density at radius 3 is 0.787 bits per heavy atom. The van der Waals surface area contributed by atoms with Gasteiger partial charge in [0.1, 0.15) is 0 Å². The zero-order valence-electron chi connectivity index (χ0n) is 41.0. The summed E-state index contributed by atoms with van der Waals surface area (Å²) in [6.07, 6.45) is 51.3. The first kappa shape index (κ1) is 59.6. The van der Waals surface area contributed by atoms with E-state index in [-0.39, 0.29) is 19.3 Å². The monoisotopic (exact) mass is 861 g/mol. The molecule has 0 aromatic heterocycles. The zero-order chi connectivity index (χ0) is 45.0. The zero-order valence-corrected chi connectivity index (χ0v) is 41.0. The fourth-order valence-electron chi connectivity index (χ4n) is 8.91. The first-order chi connectivity index (χ1) is 29.8. The molecule has 0 aromatic carbocycles. The molecule has 0 aliphatic rings. The first-order valence-corrected chi connectivity index (χ1v) is 27.1. The Labute approximate surface area is 379 Å². The van der Waals surface area contributed by atoms with E-state index in [0.717, 1.165) is 77.0 Å². The van der Waals surface area contributed by atoms with Gasteiger partial charge in [0, 0.05) is 19.3 Å². The van der Waals surface area contributed by atoms with Crippen LogP contribution in [-0.2, 0) is 14.4 Å². The molecule has 0 aromatic rings. The van der Waals surface area contributed by atoms with Crippen molar-refractivity contribution < 1.29 is 29.7 Å². The number of Topliss-reactive ketones (excluding diaryl/α,β-unsaturated/α-hetero) is 3. The van der Waals surface area contributed by atoms with Gasteiger partial charge < -0.3 is 15.3 Å². The number of ketones is 3. The van der Waals surface area contributed by atoms with Gasteiger partial charge in [-0.1, -0.05) is 251 Å². The second-order valence-electron chi connectivity index (χ2n) is 19.0. The average Bonchev–Trinajstić information content (AvgIpc) is 3.26. The summed E-state index contributed by atoms with van der Waals surface area (Å²) in [5.41, 5.74) is -5.75. The van der Waals surface area contributed by atoms with E-state index in [1.54, 1.807) is 0 Å². The maximum Gasteiger partial charge on any atom is 0.219 e. The van der Waals surface area contributed by atoms with Crippen LogP contribution in [-0.4, -0.2) is 50.5 Å². The van der Waals surface area contributed by atoms with E-state index in [4.69, 9.17) is 0 Å². The SMILES string of the molecule is CCCCCCCCC=CCCCCCCCC(=O)C(O)(CO)C(O)(C(=O)CCCCCCCCCCCCCCC)C(=O)CCCCCCCCCCCCCCCCC. The molecule has 0 rings (SSSR count). The number of unbranched alkanes of at least 4 members (excludes halogenated alkanes) is 37. The molecule has 6 nitrogen and oxygen atoms in total. The third kappa shape index (κ3) is 31.2. The molecule has 0 aliphatic heterocycles. The molecule has 0 amide bonds. The number of hydrogen-bond acceptors (Lipinski definition) is 6. The normalized spacial score (nSPS) is 13.8. The van der Waals surface area contributed by atoms with Crippen molar-refractivity contribution in [1.29, 1.82) is 0 Å². The van der Waals surface area contributed by atoms with Crippen molar-refractivity contribution in [3.05, 3.63) is 12.2 Å². The van der Waals surface area contributed by atoms with Crippen LogP contribution in [0.5, 0.6) is 0 Å². The number of allylic oxidation sites excluding steroid dienone is 2. The minimum Gasteiger partial charge on any atom is -0.393 e. The minimum absolute atomic E-state index is 0.0875. The van der Waals surface area contributed by atoms with Gasteiger partial charge >= 0.3 is 0 Å². The van der Waals surface area contributed by atoms with Gasteiger partial charge in [-0.05, 0) is 44.9 Å². The maximum atomic E-state index is 13.8. The van der Waals surface area contributed by atoms with E-state index >= 15 is 0 Å². The topological polar surface area (TPSA) is 112 Å². The predicted octanol–water partition coefficient (Wildman–Crippen LogP) is 15.9. The molecular formula is C55H104O6. The molecule has 0 heterocycles. The molecule has 360 valence electrons. The lowest BCUT2D eigenvalue weighted by Crippen LogP contribution is -2.69. The summed E-state index contributed by atoms with van der Waals surface area (Å²) < 4.78 is 0. The fraction of sp³-hybridized carbons (Fsp3) is 0.909. The van der Waals surface area contributed by atoms with Crippen molar-refractivity contribution >= 4 is 17.3 Å². The van der Waals surface area contributed by atoms with Crippen LogP contribution >= 0.6 is 0 Å². The molecule has 0 saturated heterocycles. The number of hydrogen-bond donors (Lipinski definition) is 3. The third-order valence-corrected chi connectivity index (χ3v) is 13.3. The Balaban J connectivity index is 4.91. The molecule has 0 aliphatic carbocycles. The average molecular weight is 861 g/mol. The van der Waals surface area contributed by atoms with E-state index in [9.17, 15) is 29.7 Å². The fourth-order valence-corrected chi connectivity index (χ4v) is 8.91. The lowest BCUT2D eigenvalue weighted by Gasteiger charge is -2.39. The van der Waals surface area contributed by atoms with E-state index in [0.29, 0.717) is 19.3 Å². The van der Waals surface area contributed by atoms with Crippen molar-refractivity contribution in [3.8, 4) is 0 Å². The van der Waals surface area contributed by atoms with Crippen LogP contribution in [0.3, 0.4) is 0 Å². The molecule has 0 saturated carbocycles. The largest absolute Gasteiger partial charge is 0.393 e. The van der Waals surface area contributed by atoms with Crippen molar-refractivity contribution in [3.63, 3.8) is 0 Å². The van der Waals surface area contributed by atoms with Crippen LogP contribution in [0.25, 0.3) is 0 Å².